The summed E-state index contributed by atoms with van der Waals surface area (Å²) in [7, 11) is 1.91. The zero-order chi connectivity index (χ0) is 19.8. The van der Waals surface area contributed by atoms with Crippen molar-refractivity contribution in [2.45, 2.75) is 52.1 Å². The van der Waals surface area contributed by atoms with Crippen molar-refractivity contribution in [2.75, 3.05) is 20.1 Å². The minimum absolute atomic E-state index is 0.249. The number of rotatable bonds is 8. The number of benzene rings is 1. The van der Waals surface area contributed by atoms with Gasteiger partial charge in [0.25, 0.3) is 0 Å². The largest absolute Gasteiger partial charge is 0.341 e. The number of amides is 1. The van der Waals surface area contributed by atoms with Crippen molar-refractivity contribution >= 4 is 5.91 Å². The van der Waals surface area contributed by atoms with Crippen LogP contribution in [0.15, 0.2) is 42.7 Å². The number of likely N-dealkylation sites (tertiary alicyclic amines) is 1. The fraction of sp³-hybridized carbons (Fsp3) is 0.522. The van der Waals surface area contributed by atoms with Crippen molar-refractivity contribution in [3.05, 3.63) is 59.7 Å². The van der Waals surface area contributed by atoms with Crippen LogP contribution in [0.4, 0.5) is 0 Å². The summed E-state index contributed by atoms with van der Waals surface area (Å²) >= 11 is 0. The van der Waals surface area contributed by atoms with Crippen LogP contribution in [0.5, 0.6) is 0 Å². The summed E-state index contributed by atoms with van der Waals surface area (Å²) in [5.74, 6) is 1.81. The van der Waals surface area contributed by atoms with Crippen LogP contribution in [0.3, 0.4) is 0 Å². The van der Waals surface area contributed by atoms with Crippen molar-refractivity contribution < 1.29 is 4.79 Å². The lowest BCUT2D eigenvalue weighted by molar-refractivity contribution is -0.130. The summed E-state index contributed by atoms with van der Waals surface area (Å²) in [6.07, 6.45) is 8.79. The van der Waals surface area contributed by atoms with Gasteiger partial charge in [0.1, 0.15) is 5.82 Å². The SMILES string of the molecule is CCc1ncc(CN2CCC(CCC(=O)N(C)Cc3ccccc3)CC2)cn1. The fourth-order valence-corrected chi connectivity index (χ4v) is 3.80. The van der Waals surface area contributed by atoms with Crippen molar-refractivity contribution in [1.82, 2.24) is 19.8 Å². The first kappa shape index (κ1) is 20.5. The van der Waals surface area contributed by atoms with Crippen molar-refractivity contribution in [1.29, 1.82) is 0 Å². The Labute approximate surface area is 168 Å². The average molecular weight is 381 g/mol. The maximum Gasteiger partial charge on any atom is 0.222 e. The van der Waals surface area contributed by atoms with Gasteiger partial charge in [0, 0.05) is 50.9 Å². The number of nitrogens with zero attached hydrogens (tertiary/aromatic N) is 4. The molecule has 0 spiro atoms. The Balaban J connectivity index is 1.36. The number of aryl methyl sites for hydroxylation is 1. The van der Waals surface area contributed by atoms with Gasteiger partial charge in [-0.25, -0.2) is 9.97 Å². The molecule has 1 aliphatic rings. The maximum absolute atomic E-state index is 12.4. The molecule has 5 heteroatoms. The molecule has 1 aromatic heterocycles. The average Bonchev–Trinajstić information content (AvgIpc) is 2.74. The Bertz CT molecular complexity index is 724. The minimum atomic E-state index is 0.249. The van der Waals surface area contributed by atoms with Gasteiger partial charge < -0.3 is 4.90 Å². The molecular weight excluding hydrogens is 348 g/mol. The number of carbonyl (C=O) groups is 1. The zero-order valence-corrected chi connectivity index (χ0v) is 17.2. The highest BCUT2D eigenvalue weighted by Crippen LogP contribution is 2.23. The summed E-state index contributed by atoms with van der Waals surface area (Å²) in [6, 6.07) is 10.2. The predicted octanol–water partition coefficient (Wildman–Crippen LogP) is 3.69. The summed E-state index contributed by atoms with van der Waals surface area (Å²) in [5.41, 5.74) is 2.37. The Morgan fingerprint density at radius 2 is 1.79 bits per heavy atom. The van der Waals surface area contributed by atoms with E-state index in [1.54, 1.807) is 0 Å². The van der Waals surface area contributed by atoms with Gasteiger partial charge in [0.2, 0.25) is 5.91 Å². The summed E-state index contributed by atoms with van der Waals surface area (Å²) in [5, 5.41) is 0. The molecule has 0 N–H and O–H groups in total. The lowest BCUT2D eigenvalue weighted by Crippen LogP contribution is -2.34. The molecule has 0 saturated carbocycles. The highest BCUT2D eigenvalue weighted by molar-refractivity contribution is 5.75. The smallest absolute Gasteiger partial charge is 0.222 e. The number of piperidine rings is 1. The predicted molar refractivity (Wildman–Crippen MR) is 112 cm³/mol. The van der Waals surface area contributed by atoms with Gasteiger partial charge in [0.05, 0.1) is 0 Å². The third-order valence-electron chi connectivity index (χ3n) is 5.64. The van der Waals surface area contributed by atoms with E-state index in [2.05, 4.69) is 33.9 Å². The van der Waals surface area contributed by atoms with Gasteiger partial charge in [-0.2, -0.15) is 0 Å². The monoisotopic (exact) mass is 380 g/mol. The molecule has 3 rings (SSSR count). The highest BCUT2D eigenvalue weighted by Gasteiger charge is 2.21. The van der Waals surface area contributed by atoms with E-state index >= 15 is 0 Å². The standard InChI is InChI=1S/C23H32N4O/c1-3-22-24-15-21(16-25-22)18-27-13-11-19(12-14-27)9-10-23(28)26(2)17-20-7-5-4-6-8-20/h4-8,15-16,19H,3,9-14,17-18H2,1-2H3. The van der Waals surface area contributed by atoms with Crippen LogP contribution in [-0.4, -0.2) is 45.8 Å². The van der Waals surface area contributed by atoms with E-state index in [0.29, 0.717) is 18.9 Å². The van der Waals surface area contributed by atoms with Crippen LogP contribution in [0.1, 0.15) is 49.6 Å². The highest BCUT2D eigenvalue weighted by atomic mass is 16.2. The summed E-state index contributed by atoms with van der Waals surface area (Å²) in [6.45, 7) is 5.87. The quantitative estimate of drug-likeness (QED) is 0.701. The molecule has 0 aliphatic carbocycles. The molecular formula is C23H32N4O. The second kappa shape index (κ2) is 10.3. The number of hydrogen-bond donors (Lipinski definition) is 0. The van der Waals surface area contributed by atoms with Gasteiger partial charge >= 0.3 is 0 Å². The van der Waals surface area contributed by atoms with Crippen molar-refractivity contribution in [2.24, 2.45) is 5.92 Å². The zero-order valence-electron chi connectivity index (χ0n) is 17.2. The molecule has 0 radical (unpaired) electrons. The molecule has 1 aliphatic heterocycles. The van der Waals surface area contributed by atoms with Gasteiger partial charge in [0.15, 0.2) is 0 Å². The maximum atomic E-state index is 12.4. The van der Waals surface area contributed by atoms with Gasteiger partial charge in [-0.3, -0.25) is 9.69 Å². The van der Waals surface area contributed by atoms with Crippen LogP contribution in [-0.2, 0) is 24.3 Å². The third kappa shape index (κ3) is 6.13. The number of hydrogen-bond acceptors (Lipinski definition) is 4. The van der Waals surface area contributed by atoms with E-state index in [1.165, 1.54) is 24.0 Å². The molecule has 2 heterocycles. The van der Waals surface area contributed by atoms with Crippen LogP contribution in [0, 0.1) is 5.92 Å². The number of aromatic nitrogens is 2. The molecule has 1 saturated heterocycles. The number of carbonyl (C=O) groups excluding carboxylic acids is 1. The first-order chi connectivity index (χ1) is 13.6. The third-order valence-corrected chi connectivity index (χ3v) is 5.64. The Morgan fingerprint density at radius 1 is 1.11 bits per heavy atom. The van der Waals surface area contributed by atoms with Gasteiger partial charge in [-0.15, -0.1) is 0 Å². The summed E-state index contributed by atoms with van der Waals surface area (Å²) < 4.78 is 0. The van der Waals surface area contributed by atoms with E-state index < -0.39 is 0 Å². The summed E-state index contributed by atoms with van der Waals surface area (Å²) in [4.78, 5) is 25.6. The van der Waals surface area contributed by atoms with Crippen LogP contribution in [0.25, 0.3) is 0 Å². The Hall–Kier alpha value is -2.27. The van der Waals surface area contributed by atoms with Crippen LogP contribution in [0.2, 0.25) is 0 Å². The fourth-order valence-electron chi connectivity index (χ4n) is 3.80. The van der Waals surface area contributed by atoms with Crippen LogP contribution >= 0.6 is 0 Å². The van der Waals surface area contributed by atoms with E-state index in [9.17, 15) is 4.79 Å². The molecule has 150 valence electrons. The Kier molecular flexibility index (Phi) is 7.54. The molecule has 5 nitrogen and oxygen atoms in total. The van der Waals surface area contributed by atoms with Gasteiger partial charge in [-0.05, 0) is 43.8 Å². The lowest BCUT2D eigenvalue weighted by atomic mass is 9.92. The first-order valence-electron chi connectivity index (χ1n) is 10.4. The molecule has 2 aromatic rings. The minimum Gasteiger partial charge on any atom is -0.341 e. The normalized spacial score (nSPS) is 15.5. The second-order valence-corrected chi connectivity index (χ2v) is 7.85. The Morgan fingerprint density at radius 3 is 2.43 bits per heavy atom. The molecule has 0 bridgehead atoms. The molecule has 0 atom stereocenters. The van der Waals surface area contributed by atoms with E-state index in [4.69, 9.17) is 0 Å². The van der Waals surface area contributed by atoms with Crippen molar-refractivity contribution in [3.63, 3.8) is 0 Å². The molecule has 1 amide bonds. The molecule has 1 fully saturated rings. The second-order valence-electron chi connectivity index (χ2n) is 7.85. The van der Waals surface area contributed by atoms with E-state index in [-0.39, 0.29) is 5.91 Å². The molecule has 28 heavy (non-hydrogen) atoms. The van der Waals surface area contributed by atoms with E-state index in [1.807, 2.05) is 42.5 Å². The topological polar surface area (TPSA) is 49.3 Å². The lowest BCUT2D eigenvalue weighted by Gasteiger charge is -2.32. The molecule has 0 unspecified atom stereocenters. The molecule has 1 aromatic carbocycles. The van der Waals surface area contributed by atoms with Crippen molar-refractivity contribution in [3.8, 4) is 0 Å². The van der Waals surface area contributed by atoms with Gasteiger partial charge in [-0.1, -0.05) is 37.3 Å². The van der Waals surface area contributed by atoms with E-state index in [0.717, 1.165) is 38.3 Å². The first-order valence-corrected chi connectivity index (χ1v) is 10.4. The van der Waals surface area contributed by atoms with Crippen LogP contribution < -0.4 is 0 Å².